The van der Waals surface area contributed by atoms with Crippen LogP contribution in [0.5, 0.6) is 0 Å². The molecule has 1 unspecified atom stereocenters. The SMILES string of the molecule is Cc1nc(N)c(C(=O)NCC2CCCO2)n1C. The summed E-state index contributed by atoms with van der Waals surface area (Å²) in [5.74, 6) is 0.806. The summed E-state index contributed by atoms with van der Waals surface area (Å²) in [6.45, 7) is 3.13. The van der Waals surface area contributed by atoms with E-state index in [1.807, 2.05) is 6.92 Å². The Hall–Kier alpha value is -1.56. The van der Waals surface area contributed by atoms with Crippen molar-refractivity contribution in [2.75, 3.05) is 18.9 Å². The Bertz CT molecular complexity index is 421. The third-order valence-corrected chi connectivity index (χ3v) is 3.08. The Balaban J connectivity index is 1.99. The van der Waals surface area contributed by atoms with Crippen LogP contribution in [0.4, 0.5) is 5.82 Å². The van der Waals surface area contributed by atoms with Gasteiger partial charge < -0.3 is 20.4 Å². The smallest absolute Gasteiger partial charge is 0.271 e. The molecule has 1 aliphatic heterocycles. The van der Waals surface area contributed by atoms with Crippen LogP contribution < -0.4 is 11.1 Å². The van der Waals surface area contributed by atoms with Crippen molar-refractivity contribution >= 4 is 11.7 Å². The van der Waals surface area contributed by atoms with Crippen molar-refractivity contribution in [2.45, 2.75) is 25.9 Å². The fraction of sp³-hybridized carbons (Fsp3) is 0.636. The zero-order valence-electron chi connectivity index (χ0n) is 10.2. The molecule has 6 nitrogen and oxygen atoms in total. The van der Waals surface area contributed by atoms with Gasteiger partial charge in [0.1, 0.15) is 5.82 Å². The first-order valence-electron chi connectivity index (χ1n) is 5.78. The highest BCUT2D eigenvalue weighted by Crippen LogP contribution is 2.13. The molecule has 17 heavy (non-hydrogen) atoms. The number of aromatic nitrogens is 2. The van der Waals surface area contributed by atoms with E-state index in [9.17, 15) is 4.79 Å². The summed E-state index contributed by atoms with van der Waals surface area (Å²) in [6, 6.07) is 0. The van der Waals surface area contributed by atoms with Gasteiger partial charge in [-0.15, -0.1) is 0 Å². The molecule has 1 fully saturated rings. The lowest BCUT2D eigenvalue weighted by Crippen LogP contribution is -2.33. The molecule has 1 amide bonds. The highest BCUT2D eigenvalue weighted by Gasteiger charge is 2.20. The van der Waals surface area contributed by atoms with E-state index < -0.39 is 0 Å². The highest BCUT2D eigenvalue weighted by atomic mass is 16.5. The van der Waals surface area contributed by atoms with Crippen molar-refractivity contribution in [2.24, 2.45) is 7.05 Å². The molecule has 0 radical (unpaired) electrons. The maximum absolute atomic E-state index is 11.9. The topological polar surface area (TPSA) is 82.2 Å². The number of amides is 1. The molecule has 0 saturated carbocycles. The van der Waals surface area contributed by atoms with Gasteiger partial charge in [-0.3, -0.25) is 4.79 Å². The van der Waals surface area contributed by atoms with Gasteiger partial charge in [0, 0.05) is 20.2 Å². The maximum atomic E-state index is 11.9. The van der Waals surface area contributed by atoms with Gasteiger partial charge in [-0.2, -0.15) is 0 Å². The van der Waals surface area contributed by atoms with Crippen LogP contribution in [-0.2, 0) is 11.8 Å². The van der Waals surface area contributed by atoms with Crippen LogP contribution in [0.3, 0.4) is 0 Å². The minimum Gasteiger partial charge on any atom is -0.382 e. The Morgan fingerprint density at radius 3 is 3.00 bits per heavy atom. The first-order chi connectivity index (χ1) is 8.09. The number of aryl methyl sites for hydroxylation is 1. The number of nitrogens with zero attached hydrogens (tertiary/aromatic N) is 2. The minimum absolute atomic E-state index is 0.134. The zero-order chi connectivity index (χ0) is 12.4. The third kappa shape index (κ3) is 2.41. The summed E-state index contributed by atoms with van der Waals surface area (Å²) in [4.78, 5) is 16.0. The summed E-state index contributed by atoms with van der Waals surface area (Å²) in [6.07, 6.45) is 2.20. The molecule has 1 aliphatic rings. The number of rotatable bonds is 3. The molecule has 2 heterocycles. The molecule has 0 spiro atoms. The maximum Gasteiger partial charge on any atom is 0.271 e. The fourth-order valence-corrected chi connectivity index (χ4v) is 2.00. The lowest BCUT2D eigenvalue weighted by molar-refractivity contribution is 0.0851. The van der Waals surface area contributed by atoms with Crippen molar-refractivity contribution < 1.29 is 9.53 Å². The summed E-state index contributed by atoms with van der Waals surface area (Å²) < 4.78 is 7.13. The largest absolute Gasteiger partial charge is 0.382 e. The first-order valence-corrected chi connectivity index (χ1v) is 5.78. The van der Waals surface area contributed by atoms with E-state index in [0.717, 1.165) is 25.3 Å². The van der Waals surface area contributed by atoms with Gasteiger partial charge in [-0.1, -0.05) is 0 Å². The lowest BCUT2D eigenvalue weighted by Gasteiger charge is -2.11. The van der Waals surface area contributed by atoms with Crippen molar-refractivity contribution in [3.05, 3.63) is 11.5 Å². The monoisotopic (exact) mass is 238 g/mol. The van der Waals surface area contributed by atoms with Gasteiger partial charge in [0.2, 0.25) is 0 Å². The number of ether oxygens (including phenoxy) is 1. The van der Waals surface area contributed by atoms with Gasteiger partial charge in [0.25, 0.3) is 5.91 Å². The highest BCUT2D eigenvalue weighted by molar-refractivity contribution is 5.96. The fourth-order valence-electron chi connectivity index (χ4n) is 2.00. The van der Waals surface area contributed by atoms with Gasteiger partial charge in [0.05, 0.1) is 6.10 Å². The molecule has 0 aromatic carbocycles. The second-order valence-corrected chi connectivity index (χ2v) is 4.30. The number of carbonyl (C=O) groups excluding carboxylic acids is 1. The third-order valence-electron chi connectivity index (χ3n) is 3.08. The predicted octanol–water partition coefficient (Wildman–Crippen LogP) is 0.220. The number of nitrogens with one attached hydrogen (secondary N) is 1. The van der Waals surface area contributed by atoms with Crippen LogP contribution in [0.15, 0.2) is 0 Å². The molecular formula is C11H18N4O2. The van der Waals surface area contributed by atoms with Gasteiger partial charge in [-0.25, -0.2) is 4.98 Å². The van der Waals surface area contributed by atoms with Crippen molar-refractivity contribution in [3.8, 4) is 0 Å². The van der Waals surface area contributed by atoms with E-state index in [1.54, 1.807) is 11.6 Å². The van der Waals surface area contributed by atoms with Crippen LogP contribution >= 0.6 is 0 Å². The quantitative estimate of drug-likeness (QED) is 0.789. The molecule has 94 valence electrons. The van der Waals surface area contributed by atoms with Crippen molar-refractivity contribution in [1.29, 1.82) is 0 Å². The van der Waals surface area contributed by atoms with E-state index in [2.05, 4.69) is 10.3 Å². The van der Waals surface area contributed by atoms with Gasteiger partial charge >= 0.3 is 0 Å². The van der Waals surface area contributed by atoms with E-state index >= 15 is 0 Å². The predicted molar refractivity (Wildman–Crippen MR) is 63.7 cm³/mol. The van der Waals surface area contributed by atoms with Crippen LogP contribution in [-0.4, -0.2) is 34.7 Å². The van der Waals surface area contributed by atoms with Gasteiger partial charge in [-0.05, 0) is 19.8 Å². The van der Waals surface area contributed by atoms with Crippen molar-refractivity contribution in [1.82, 2.24) is 14.9 Å². The number of carbonyl (C=O) groups is 1. The Labute approximate surface area is 100 Å². The Morgan fingerprint density at radius 2 is 2.47 bits per heavy atom. The van der Waals surface area contributed by atoms with Crippen LogP contribution in [0.25, 0.3) is 0 Å². The molecule has 1 atom stereocenters. The Morgan fingerprint density at radius 1 is 1.71 bits per heavy atom. The molecule has 3 N–H and O–H groups in total. The zero-order valence-corrected chi connectivity index (χ0v) is 10.2. The molecule has 1 saturated heterocycles. The molecule has 0 bridgehead atoms. The number of nitrogen functional groups attached to an aromatic ring is 1. The standard InChI is InChI=1S/C11H18N4O2/c1-7-14-10(12)9(15(7)2)11(16)13-6-8-4-3-5-17-8/h8H,3-6,12H2,1-2H3,(H,13,16). The van der Waals surface area contributed by atoms with E-state index in [1.165, 1.54) is 0 Å². The van der Waals surface area contributed by atoms with Crippen molar-refractivity contribution in [3.63, 3.8) is 0 Å². The molecule has 0 aliphatic carbocycles. The number of nitrogens with two attached hydrogens (primary N) is 1. The van der Waals surface area contributed by atoms with E-state index in [-0.39, 0.29) is 17.8 Å². The van der Waals surface area contributed by atoms with Crippen LogP contribution in [0.1, 0.15) is 29.2 Å². The number of anilines is 1. The normalized spacial score (nSPS) is 19.5. The minimum atomic E-state index is -0.193. The summed E-state index contributed by atoms with van der Waals surface area (Å²) in [5, 5.41) is 2.83. The average molecular weight is 238 g/mol. The average Bonchev–Trinajstić information content (AvgIpc) is 2.86. The van der Waals surface area contributed by atoms with E-state index in [4.69, 9.17) is 10.5 Å². The van der Waals surface area contributed by atoms with Gasteiger partial charge in [0.15, 0.2) is 11.5 Å². The Kier molecular flexibility index (Phi) is 3.33. The van der Waals surface area contributed by atoms with Crippen LogP contribution in [0.2, 0.25) is 0 Å². The number of imidazole rings is 1. The number of hydrogen-bond acceptors (Lipinski definition) is 4. The first kappa shape index (κ1) is 11.9. The lowest BCUT2D eigenvalue weighted by atomic mass is 10.2. The second-order valence-electron chi connectivity index (χ2n) is 4.30. The van der Waals surface area contributed by atoms with E-state index in [0.29, 0.717) is 12.2 Å². The summed E-state index contributed by atoms with van der Waals surface area (Å²) in [7, 11) is 1.78. The number of hydrogen-bond donors (Lipinski definition) is 2. The summed E-state index contributed by atoms with van der Waals surface area (Å²) in [5.41, 5.74) is 6.12. The second kappa shape index (κ2) is 4.75. The molecule has 1 aromatic heterocycles. The molecule has 2 rings (SSSR count). The van der Waals surface area contributed by atoms with Crippen LogP contribution in [0, 0.1) is 6.92 Å². The molecule has 1 aromatic rings. The molecule has 6 heteroatoms. The summed E-state index contributed by atoms with van der Waals surface area (Å²) >= 11 is 0. The molecular weight excluding hydrogens is 220 g/mol.